The van der Waals surface area contributed by atoms with E-state index in [1.54, 1.807) is 0 Å². The third kappa shape index (κ3) is 5.93. The van der Waals surface area contributed by atoms with Crippen LogP contribution in [0.1, 0.15) is 46.0 Å². The largest absolute Gasteiger partial charge is 0.409 e. The average molecular weight is 215 g/mol. The van der Waals surface area contributed by atoms with Crippen LogP contribution in [0.15, 0.2) is 5.16 Å². The van der Waals surface area contributed by atoms with Crippen LogP contribution in [0.5, 0.6) is 0 Å². The highest BCUT2D eigenvalue weighted by molar-refractivity contribution is 5.89. The van der Waals surface area contributed by atoms with Gasteiger partial charge in [-0.1, -0.05) is 31.8 Å². The molecule has 0 aliphatic heterocycles. The summed E-state index contributed by atoms with van der Waals surface area (Å²) in [4.78, 5) is 11.4. The number of nitrogens with zero attached hydrogens (tertiary/aromatic N) is 1. The second-order valence-corrected chi connectivity index (χ2v) is 3.51. The van der Waals surface area contributed by atoms with E-state index in [-0.39, 0.29) is 17.8 Å². The molecule has 0 bridgehead atoms. The number of hydrogen-bond donors (Lipinski definition) is 3. The fourth-order valence-corrected chi connectivity index (χ4v) is 1.26. The van der Waals surface area contributed by atoms with Crippen LogP contribution in [0.2, 0.25) is 0 Å². The van der Waals surface area contributed by atoms with Gasteiger partial charge in [0.1, 0.15) is 0 Å². The first-order valence-electron chi connectivity index (χ1n) is 5.42. The maximum atomic E-state index is 11.4. The van der Waals surface area contributed by atoms with E-state index in [9.17, 15) is 4.79 Å². The molecule has 0 aromatic carbocycles. The molecule has 1 atom stereocenters. The minimum absolute atomic E-state index is 0.0399. The molecule has 0 fully saturated rings. The predicted octanol–water partition coefficient (Wildman–Crippen LogP) is 1.21. The third-order valence-corrected chi connectivity index (χ3v) is 2.22. The van der Waals surface area contributed by atoms with Gasteiger partial charge in [-0.05, 0) is 12.8 Å². The molecule has 4 N–H and O–H groups in total. The molecule has 0 saturated heterocycles. The van der Waals surface area contributed by atoms with Gasteiger partial charge in [-0.2, -0.15) is 0 Å². The molecule has 88 valence electrons. The number of hydrogen-bond acceptors (Lipinski definition) is 3. The number of amides is 1. The van der Waals surface area contributed by atoms with E-state index in [0.29, 0.717) is 12.8 Å². The summed E-state index contributed by atoms with van der Waals surface area (Å²) >= 11 is 0. The van der Waals surface area contributed by atoms with Crippen molar-refractivity contribution in [1.29, 1.82) is 0 Å². The Kier molecular flexibility index (Phi) is 7.40. The Morgan fingerprint density at radius 1 is 1.47 bits per heavy atom. The van der Waals surface area contributed by atoms with Crippen LogP contribution in [0.4, 0.5) is 0 Å². The van der Waals surface area contributed by atoms with E-state index in [4.69, 9.17) is 10.9 Å². The Balaban J connectivity index is 3.91. The van der Waals surface area contributed by atoms with Crippen molar-refractivity contribution in [2.45, 2.75) is 52.0 Å². The maximum Gasteiger partial charge on any atom is 0.220 e. The molecule has 0 aliphatic rings. The van der Waals surface area contributed by atoms with Crippen molar-refractivity contribution < 1.29 is 10.0 Å². The summed E-state index contributed by atoms with van der Waals surface area (Å²) in [7, 11) is 0. The minimum Gasteiger partial charge on any atom is -0.409 e. The molecule has 0 spiro atoms. The zero-order valence-electron chi connectivity index (χ0n) is 9.49. The van der Waals surface area contributed by atoms with E-state index in [1.807, 2.05) is 6.92 Å². The van der Waals surface area contributed by atoms with E-state index < -0.39 is 0 Å². The van der Waals surface area contributed by atoms with Gasteiger partial charge in [0.15, 0.2) is 5.84 Å². The molecule has 15 heavy (non-hydrogen) atoms. The van der Waals surface area contributed by atoms with Crippen molar-refractivity contribution in [2.75, 3.05) is 0 Å². The van der Waals surface area contributed by atoms with Crippen LogP contribution in [0.3, 0.4) is 0 Å². The van der Waals surface area contributed by atoms with Gasteiger partial charge in [-0.25, -0.2) is 0 Å². The molecule has 1 amide bonds. The SMILES string of the molecule is CCCCCC(=O)NC(CC)/C(N)=N/O. The van der Waals surface area contributed by atoms with Crippen molar-refractivity contribution in [3.8, 4) is 0 Å². The van der Waals surface area contributed by atoms with Crippen LogP contribution < -0.4 is 11.1 Å². The van der Waals surface area contributed by atoms with Crippen molar-refractivity contribution in [3.05, 3.63) is 0 Å². The highest BCUT2D eigenvalue weighted by atomic mass is 16.4. The smallest absolute Gasteiger partial charge is 0.220 e. The number of carbonyl (C=O) groups excluding carboxylic acids is 1. The minimum atomic E-state index is -0.357. The summed E-state index contributed by atoms with van der Waals surface area (Å²) in [6, 6.07) is -0.357. The Labute approximate surface area is 90.7 Å². The van der Waals surface area contributed by atoms with E-state index in [2.05, 4.69) is 17.4 Å². The lowest BCUT2D eigenvalue weighted by Gasteiger charge is -2.14. The summed E-state index contributed by atoms with van der Waals surface area (Å²) in [6.45, 7) is 3.96. The Bertz CT molecular complexity index is 217. The molecule has 0 radical (unpaired) electrons. The number of carbonyl (C=O) groups is 1. The van der Waals surface area contributed by atoms with Crippen LogP contribution in [-0.4, -0.2) is 23.0 Å². The second-order valence-electron chi connectivity index (χ2n) is 3.51. The van der Waals surface area contributed by atoms with Crippen molar-refractivity contribution in [1.82, 2.24) is 5.32 Å². The van der Waals surface area contributed by atoms with Gasteiger partial charge in [-0.15, -0.1) is 0 Å². The average Bonchev–Trinajstić information content (AvgIpc) is 2.25. The number of rotatable bonds is 7. The second kappa shape index (κ2) is 8.08. The van der Waals surface area contributed by atoms with Gasteiger partial charge in [0, 0.05) is 6.42 Å². The maximum absolute atomic E-state index is 11.4. The van der Waals surface area contributed by atoms with Crippen LogP contribution >= 0.6 is 0 Å². The quantitative estimate of drug-likeness (QED) is 0.196. The fraction of sp³-hybridized carbons (Fsp3) is 0.800. The van der Waals surface area contributed by atoms with E-state index >= 15 is 0 Å². The van der Waals surface area contributed by atoms with Crippen LogP contribution in [0, 0.1) is 0 Å². The van der Waals surface area contributed by atoms with Gasteiger partial charge < -0.3 is 16.3 Å². The van der Waals surface area contributed by atoms with Crippen molar-refractivity contribution >= 4 is 11.7 Å². The number of amidine groups is 1. The molecular weight excluding hydrogens is 194 g/mol. The van der Waals surface area contributed by atoms with Gasteiger partial charge in [-0.3, -0.25) is 4.79 Å². The third-order valence-electron chi connectivity index (χ3n) is 2.22. The lowest BCUT2D eigenvalue weighted by molar-refractivity contribution is -0.121. The molecule has 0 rings (SSSR count). The van der Waals surface area contributed by atoms with Gasteiger partial charge in [0.25, 0.3) is 0 Å². The summed E-state index contributed by atoms with van der Waals surface area (Å²) in [6.07, 6.45) is 4.14. The molecule has 0 aliphatic carbocycles. The summed E-state index contributed by atoms with van der Waals surface area (Å²) in [5, 5.41) is 14.1. The highest BCUT2D eigenvalue weighted by Crippen LogP contribution is 2.00. The van der Waals surface area contributed by atoms with Crippen LogP contribution in [-0.2, 0) is 4.79 Å². The van der Waals surface area contributed by atoms with Gasteiger partial charge in [0.05, 0.1) is 6.04 Å². The molecular formula is C10H21N3O2. The first kappa shape index (κ1) is 13.7. The summed E-state index contributed by atoms with van der Waals surface area (Å²) < 4.78 is 0. The first-order chi connectivity index (χ1) is 7.15. The Morgan fingerprint density at radius 3 is 2.60 bits per heavy atom. The zero-order chi connectivity index (χ0) is 11.7. The Hall–Kier alpha value is -1.26. The molecule has 5 nitrogen and oxygen atoms in total. The molecule has 0 aromatic heterocycles. The molecule has 0 heterocycles. The van der Waals surface area contributed by atoms with E-state index in [1.165, 1.54) is 0 Å². The molecule has 0 aromatic rings. The van der Waals surface area contributed by atoms with Crippen molar-refractivity contribution in [3.63, 3.8) is 0 Å². The lowest BCUT2D eigenvalue weighted by Crippen LogP contribution is -2.44. The highest BCUT2D eigenvalue weighted by Gasteiger charge is 2.13. The lowest BCUT2D eigenvalue weighted by atomic mass is 10.1. The number of oxime groups is 1. The van der Waals surface area contributed by atoms with Crippen molar-refractivity contribution in [2.24, 2.45) is 10.9 Å². The number of nitrogens with two attached hydrogens (primary N) is 1. The zero-order valence-corrected chi connectivity index (χ0v) is 9.49. The molecule has 1 unspecified atom stereocenters. The standard InChI is InChI=1S/C10H21N3O2/c1-3-5-6-7-9(14)12-8(4-2)10(11)13-15/h8,15H,3-7H2,1-2H3,(H2,11,13)(H,12,14). The normalized spacial score (nSPS) is 13.6. The first-order valence-corrected chi connectivity index (χ1v) is 5.42. The van der Waals surface area contributed by atoms with Gasteiger partial charge in [0.2, 0.25) is 5.91 Å². The topological polar surface area (TPSA) is 87.7 Å². The summed E-state index contributed by atoms with van der Waals surface area (Å²) in [5.41, 5.74) is 5.42. The molecule has 5 heteroatoms. The number of unbranched alkanes of at least 4 members (excludes halogenated alkanes) is 2. The molecule has 0 saturated carbocycles. The fourth-order valence-electron chi connectivity index (χ4n) is 1.26. The van der Waals surface area contributed by atoms with E-state index in [0.717, 1.165) is 19.3 Å². The van der Waals surface area contributed by atoms with Gasteiger partial charge >= 0.3 is 0 Å². The Morgan fingerprint density at radius 2 is 2.13 bits per heavy atom. The predicted molar refractivity (Wildman–Crippen MR) is 59.8 cm³/mol. The van der Waals surface area contributed by atoms with Crippen LogP contribution in [0.25, 0.3) is 0 Å². The summed E-state index contributed by atoms with van der Waals surface area (Å²) in [5.74, 6) is 0.0169. The monoisotopic (exact) mass is 215 g/mol. The number of nitrogens with one attached hydrogen (secondary N) is 1.